The standard InChI is InChI=1S/C23H26N2O4/c1-2-23(22(28)29,19-13-7-4-8-14-19)24-20(26)18-12-9-15-25(16-18)21(27)17-10-5-3-6-11-17/h3-8,10-11,13-14,18H,2,9,12,15-16H2,1H3,(H,24,26)(H,28,29). The summed E-state index contributed by atoms with van der Waals surface area (Å²) in [5.74, 6) is -1.97. The fraction of sp³-hybridized carbons (Fsp3) is 0.348. The highest BCUT2D eigenvalue weighted by Crippen LogP contribution is 2.27. The number of hydrogen-bond acceptors (Lipinski definition) is 3. The highest BCUT2D eigenvalue weighted by Gasteiger charge is 2.42. The van der Waals surface area contributed by atoms with E-state index in [-0.39, 0.29) is 24.8 Å². The normalized spacial score (nSPS) is 18.5. The van der Waals surface area contributed by atoms with Crippen LogP contribution in [0.15, 0.2) is 60.7 Å². The number of hydrogen-bond donors (Lipinski definition) is 2. The zero-order chi connectivity index (χ0) is 20.9. The van der Waals surface area contributed by atoms with Crippen molar-refractivity contribution in [2.24, 2.45) is 5.92 Å². The Morgan fingerprint density at radius 1 is 1.07 bits per heavy atom. The Labute approximate surface area is 170 Å². The molecule has 0 bridgehead atoms. The first kappa shape index (κ1) is 20.6. The number of amides is 2. The van der Waals surface area contributed by atoms with E-state index in [1.165, 1.54) is 0 Å². The topological polar surface area (TPSA) is 86.7 Å². The van der Waals surface area contributed by atoms with Crippen LogP contribution in [-0.2, 0) is 15.1 Å². The number of rotatable bonds is 6. The number of benzene rings is 2. The number of carboxylic acid groups (broad SMARTS) is 1. The van der Waals surface area contributed by atoms with Crippen LogP contribution in [0.2, 0.25) is 0 Å². The Bertz CT molecular complexity index is 869. The van der Waals surface area contributed by atoms with Gasteiger partial charge in [0.2, 0.25) is 5.91 Å². The summed E-state index contributed by atoms with van der Waals surface area (Å²) in [6.45, 7) is 2.62. The summed E-state index contributed by atoms with van der Waals surface area (Å²) in [6, 6.07) is 17.7. The minimum atomic E-state index is -1.48. The number of carbonyl (C=O) groups is 3. The maximum Gasteiger partial charge on any atom is 0.334 e. The minimum absolute atomic E-state index is 0.105. The molecule has 29 heavy (non-hydrogen) atoms. The molecule has 1 fully saturated rings. The third-order valence-electron chi connectivity index (χ3n) is 5.60. The Balaban J connectivity index is 1.76. The van der Waals surface area contributed by atoms with Crippen LogP contribution in [0, 0.1) is 5.92 Å². The predicted octanol–water partition coefficient (Wildman–Crippen LogP) is 3.05. The van der Waals surface area contributed by atoms with Crippen molar-refractivity contribution in [2.75, 3.05) is 13.1 Å². The molecular weight excluding hydrogens is 368 g/mol. The molecule has 2 N–H and O–H groups in total. The van der Waals surface area contributed by atoms with Gasteiger partial charge in [0.15, 0.2) is 5.54 Å². The highest BCUT2D eigenvalue weighted by molar-refractivity contribution is 5.95. The summed E-state index contributed by atoms with van der Waals surface area (Å²) in [5.41, 5.74) is -0.355. The fourth-order valence-corrected chi connectivity index (χ4v) is 3.87. The molecule has 6 heteroatoms. The number of piperidine rings is 1. The van der Waals surface area contributed by atoms with Crippen molar-refractivity contribution >= 4 is 17.8 Å². The van der Waals surface area contributed by atoms with Crippen molar-refractivity contribution in [1.82, 2.24) is 10.2 Å². The third kappa shape index (κ3) is 4.31. The molecule has 0 aliphatic carbocycles. The van der Waals surface area contributed by atoms with Crippen LogP contribution in [0.3, 0.4) is 0 Å². The second-order valence-electron chi connectivity index (χ2n) is 7.38. The number of carbonyl (C=O) groups excluding carboxylic acids is 2. The monoisotopic (exact) mass is 394 g/mol. The van der Waals surface area contributed by atoms with E-state index in [1.54, 1.807) is 48.2 Å². The van der Waals surface area contributed by atoms with Crippen molar-refractivity contribution in [3.05, 3.63) is 71.8 Å². The number of carboxylic acids is 1. The van der Waals surface area contributed by atoms with E-state index < -0.39 is 17.4 Å². The van der Waals surface area contributed by atoms with Gasteiger partial charge in [-0.15, -0.1) is 0 Å². The van der Waals surface area contributed by atoms with Gasteiger partial charge < -0.3 is 15.3 Å². The minimum Gasteiger partial charge on any atom is -0.479 e. The maximum absolute atomic E-state index is 13.0. The summed E-state index contributed by atoms with van der Waals surface area (Å²) in [6.07, 6.45) is 1.55. The van der Waals surface area contributed by atoms with Crippen molar-refractivity contribution in [3.8, 4) is 0 Å². The molecule has 0 aromatic heterocycles. The van der Waals surface area contributed by atoms with Crippen LogP contribution in [0.5, 0.6) is 0 Å². The summed E-state index contributed by atoms with van der Waals surface area (Å²) in [7, 11) is 0. The first-order valence-electron chi connectivity index (χ1n) is 9.93. The largest absolute Gasteiger partial charge is 0.479 e. The summed E-state index contributed by atoms with van der Waals surface area (Å²) in [4.78, 5) is 39.6. The van der Waals surface area contributed by atoms with E-state index in [0.29, 0.717) is 30.5 Å². The zero-order valence-electron chi connectivity index (χ0n) is 16.5. The lowest BCUT2D eigenvalue weighted by atomic mass is 9.85. The number of aliphatic carboxylic acids is 1. The molecule has 2 amide bonds. The van der Waals surface area contributed by atoms with Gasteiger partial charge in [-0.2, -0.15) is 0 Å². The van der Waals surface area contributed by atoms with Gasteiger partial charge in [-0.25, -0.2) is 4.79 Å². The molecule has 2 unspecified atom stereocenters. The molecule has 1 heterocycles. The molecular formula is C23H26N2O4. The van der Waals surface area contributed by atoms with Gasteiger partial charge in [-0.1, -0.05) is 55.5 Å². The van der Waals surface area contributed by atoms with E-state index in [9.17, 15) is 19.5 Å². The number of nitrogens with one attached hydrogen (secondary N) is 1. The second-order valence-corrected chi connectivity index (χ2v) is 7.38. The third-order valence-corrected chi connectivity index (χ3v) is 5.60. The molecule has 2 aromatic carbocycles. The molecule has 1 saturated heterocycles. The van der Waals surface area contributed by atoms with Gasteiger partial charge >= 0.3 is 5.97 Å². The van der Waals surface area contributed by atoms with Crippen molar-refractivity contribution in [2.45, 2.75) is 31.7 Å². The SMILES string of the molecule is CCC(NC(=O)C1CCCN(C(=O)c2ccccc2)C1)(C(=O)O)c1ccccc1. The molecule has 6 nitrogen and oxygen atoms in total. The lowest BCUT2D eigenvalue weighted by Crippen LogP contribution is -2.55. The van der Waals surface area contributed by atoms with Crippen LogP contribution in [-0.4, -0.2) is 40.9 Å². The van der Waals surface area contributed by atoms with E-state index >= 15 is 0 Å². The molecule has 152 valence electrons. The fourth-order valence-electron chi connectivity index (χ4n) is 3.87. The van der Waals surface area contributed by atoms with E-state index in [2.05, 4.69) is 5.32 Å². The molecule has 0 saturated carbocycles. The summed E-state index contributed by atoms with van der Waals surface area (Å²) in [5, 5.41) is 12.7. The molecule has 0 spiro atoms. The number of nitrogens with zero attached hydrogens (tertiary/aromatic N) is 1. The van der Waals surface area contributed by atoms with Gasteiger partial charge in [0, 0.05) is 18.7 Å². The summed E-state index contributed by atoms with van der Waals surface area (Å²) < 4.78 is 0. The number of likely N-dealkylation sites (tertiary alicyclic amines) is 1. The molecule has 0 radical (unpaired) electrons. The van der Waals surface area contributed by atoms with Crippen LogP contribution in [0.4, 0.5) is 0 Å². The van der Waals surface area contributed by atoms with Crippen molar-refractivity contribution in [3.63, 3.8) is 0 Å². The van der Waals surface area contributed by atoms with Gasteiger partial charge in [0.25, 0.3) is 5.91 Å². The Morgan fingerprint density at radius 2 is 1.69 bits per heavy atom. The van der Waals surface area contributed by atoms with Gasteiger partial charge in [-0.3, -0.25) is 9.59 Å². The maximum atomic E-state index is 13.0. The lowest BCUT2D eigenvalue weighted by molar-refractivity contribution is -0.149. The second kappa shape index (κ2) is 8.90. The molecule has 3 rings (SSSR count). The van der Waals surface area contributed by atoms with E-state index in [0.717, 1.165) is 0 Å². The van der Waals surface area contributed by atoms with Crippen LogP contribution >= 0.6 is 0 Å². The van der Waals surface area contributed by atoms with E-state index in [1.807, 2.05) is 24.3 Å². The predicted molar refractivity (Wildman–Crippen MR) is 109 cm³/mol. The van der Waals surface area contributed by atoms with Crippen molar-refractivity contribution < 1.29 is 19.5 Å². The first-order valence-corrected chi connectivity index (χ1v) is 9.93. The lowest BCUT2D eigenvalue weighted by Gasteiger charge is -2.35. The summed E-state index contributed by atoms with van der Waals surface area (Å²) >= 11 is 0. The molecule has 2 atom stereocenters. The Hall–Kier alpha value is -3.15. The van der Waals surface area contributed by atoms with Gasteiger partial charge in [0.1, 0.15) is 0 Å². The zero-order valence-corrected chi connectivity index (χ0v) is 16.5. The van der Waals surface area contributed by atoms with Crippen LogP contribution in [0.25, 0.3) is 0 Å². The Kier molecular flexibility index (Phi) is 6.32. The van der Waals surface area contributed by atoms with Crippen LogP contribution in [0.1, 0.15) is 42.1 Å². The van der Waals surface area contributed by atoms with Crippen LogP contribution < -0.4 is 5.32 Å². The quantitative estimate of drug-likeness (QED) is 0.788. The average Bonchev–Trinajstić information content (AvgIpc) is 2.78. The Morgan fingerprint density at radius 3 is 2.28 bits per heavy atom. The van der Waals surface area contributed by atoms with E-state index in [4.69, 9.17) is 0 Å². The average molecular weight is 394 g/mol. The highest BCUT2D eigenvalue weighted by atomic mass is 16.4. The van der Waals surface area contributed by atoms with Gasteiger partial charge in [0.05, 0.1) is 5.92 Å². The van der Waals surface area contributed by atoms with Gasteiger partial charge in [-0.05, 0) is 37.0 Å². The first-order chi connectivity index (χ1) is 14.0. The molecule has 1 aliphatic rings. The molecule has 1 aliphatic heterocycles. The molecule has 2 aromatic rings. The van der Waals surface area contributed by atoms with Crippen molar-refractivity contribution in [1.29, 1.82) is 0 Å². The smallest absolute Gasteiger partial charge is 0.334 e.